The second-order valence-electron chi connectivity index (χ2n) is 5.19. The number of nitrogens with one attached hydrogen (secondary N) is 1. The molecule has 2 aromatic rings. The van der Waals surface area contributed by atoms with Gasteiger partial charge in [0.2, 0.25) is 0 Å². The second-order valence-corrected chi connectivity index (χ2v) is 5.19. The maximum absolute atomic E-state index is 11.7. The smallest absolute Gasteiger partial charge is 0.494 e. The van der Waals surface area contributed by atoms with Gasteiger partial charge >= 0.3 is 29.6 Å². The van der Waals surface area contributed by atoms with E-state index in [1.54, 1.807) is 0 Å². The standard InChI is InChI=1S/C16H15N3O2.Na/c17-8-13-12-6-7-19(9-11-4-2-1-3-5-11)10-14(12)16(21)18-15(13)20;/h1-5H,6-7,9-10H2,(H2,18,20,21);/q;+1. The number of benzene rings is 1. The molecule has 0 aliphatic carbocycles. The third-order valence-electron chi connectivity index (χ3n) is 3.83. The molecular formula is C16H15N3NaO2+. The molecule has 106 valence electrons. The summed E-state index contributed by atoms with van der Waals surface area (Å²) in [4.78, 5) is 16.2. The van der Waals surface area contributed by atoms with Crippen molar-refractivity contribution >= 4 is 0 Å². The molecular weight excluding hydrogens is 289 g/mol. The van der Waals surface area contributed by atoms with E-state index in [9.17, 15) is 9.90 Å². The van der Waals surface area contributed by atoms with Crippen LogP contribution in [0.4, 0.5) is 0 Å². The summed E-state index contributed by atoms with van der Waals surface area (Å²) < 4.78 is 0. The Labute approximate surface area is 150 Å². The number of nitrogens with zero attached hydrogens (tertiary/aromatic N) is 2. The van der Waals surface area contributed by atoms with Crippen LogP contribution < -0.4 is 35.1 Å². The first-order valence-electron chi connectivity index (χ1n) is 6.82. The number of H-pyrrole nitrogens is 1. The molecule has 0 fully saturated rings. The molecule has 1 aromatic carbocycles. The maximum Gasteiger partial charge on any atom is 1.00 e. The zero-order chi connectivity index (χ0) is 14.8. The summed E-state index contributed by atoms with van der Waals surface area (Å²) in [7, 11) is 0. The van der Waals surface area contributed by atoms with Gasteiger partial charge in [-0.05, 0) is 17.5 Å². The summed E-state index contributed by atoms with van der Waals surface area (Å²) in [6.45, 7) is 2.07. The Morgan fingerprint density at radius 3 is 2.68 bits per heavy atom. The number of aromatic amines is 1. The third-order valence-corrected chi connectivity index (χ3v) is 3.83. The molecule has 0 saturated carbocycles. The van der Waals surface area contributed by atoms with Crippen LogP contribution in [-0.2, 0) is 19.5 Å². The SMILES string of the molecule is N#Cc1c2c(c(O)[nH]c1=O)CN(Cc1ccccc1)CC2.[Na+]. The number of pyridine rings is 1. The van der Waals surface area contributed by atoms with Gasteiger partial charge in [-0.15, -0.1) is 0 Å². The zero-order valence-electron chi connectivity index (χ0n) is 12.5. The zero-order valence-corrected chi connectivity index (χ0v) is 14.5. The normalized spacial score (nSPS) is 13.8. The fourth-order valence-electron chi connectivity index (χ4n) is 2.79. The minimum absolute atomic E-state index is 0. The van der Waals surface area contributed by atoms with Crippen molar-refractivity contribution in [1.82, 2.24) is 9.88 Å². The van der Waals surface area contributed by atoms with Gasteiger partial charge in [0.1, 0.15) is 11.6 Å². The molecule has 0 unspecified atom stereocenters. The van der Waals surface area contributed by atoms with Gasteiger partial charge in [0.05, 0.1) is 0 Å². The van der Waals surface area contributed by atoms with Crippen molar-refractivity contribution in [3.63, 3.8) is 0 Å². The first-order chi connectivity index (χ1) is 10.2. The molecule has 0 radical (unpaired) electrons. The molecule has 0 amide bonds. The summed E-state index contributed by atoms with van der Waals surface area (Å²) in [5.74, 6) is -0.119. The van der Waals surface area contributed by atoms with Gasteiger partial charge < -0.3 is 5.11 Å². The number of fused-ring (bicyclic) bond motifs is 1. The van der Waals surface area contributed by atoms with Gasteiger partial charge in [-0.3, -0.25) is 14.7 Å². The van der Waals surface area contributed by atoms with Gasteiger partial charge in [0.15, 0.2) is 5.88 Å². The summed E-state index contributed by atoms with van der Waals surface area (Å²) >= 11 is 0. The molecule has 1 aromatic heterocycles. The molecule has 22 heavy (non-hydrogen) atoms. The summed E-state index contributed by atoms with van der Waals surface area (Å²) in [6, 6.07) is 12.0. The van der Waals surface area contributed by atoms with Crippen molar-refractivity contribution in [2.75, 3.05) is 6.54 Å². The Kier molecular flexibility index (Phi) is 5.43. The predicted molar refractivity (Wildman–Crippen MR) is 77.7 cm³/mol. The summed E-state index contributed by atoms with van der Waals surface area (Å²) in [6.07, 6.45) is 0.600. The number of hydrogen-bond donors (Lipinski definition) is 2. The fourth-order valence-corrected chi connectivity index (χ4v) is 2.79. The third kappa shape index (κ3) is 3.26. The average molecular weight is 304 g/mol. The number of aromatic hydroxyl groups is 1. The van der Waals surface area contributed by atoms with Crippen LogP contribution in [-0.4, -0.2) is 21.5 Å². The van der Waals surface area contributed by atoms with Gasteiger partial charge in [-0.1, -0.05) is 30.3 Å². The molecule has 1 aliphatic heterocycles. The summed E-state index contributed by atoms with van der Waals surface area (Å²) in [5.41, 5.74) is 2.16. The largest absolute Gasteiger partial charge is 1.00 e. The number of rotatable bonds is 2. The molecule has 3 rings (SSSR count). The molecule has 5 nitrogen and oxygen atoms in total. The number of aromatic nitrogens is 1. The Hall–Kier alpha value is -1.58. The molecule has 0 bridgehead atoms. The predicted octanol–water partition coefficient (Wildman–Crippen LogP) is -1.49. The van der Waals surface area contributed by atoms with E-state index in [1.807, 2.05) is 24.3 Å². The Balaban J connectivity index is 0.00000176. The van der Waals surface area contributed by atoms with Crippen LogP contribution in [0.25, 0.3) is 0 Å². The van der Waals surface area contributed by atoms with E-state index >= 15 is 0 Å². The molecule has 2 N–H and O–H groups in total. The van der Waals surface area contributed by atoms with Crippen molar-refractivity contribution in [3.05, 3.63) is 62.9 Å². The summed E-state index contributed by atoms with van der Waals surface area (Å²) in [5, 5.41) is 19.1. The first-order valence-corrected chi connectivity index (χ1v) is 6.82. The van der Waals surface area contributed by atoms with E-state index in [0.717, 1.165) is 13.1 Å². The Morgan fingerprint density at radius 1 is 1.27 bits per heavy atom. The second kappa shape index (κ2) is 7.12. The Bertz CT molecular complexity index is 765. The number of nitriles is 1. The molecule has 0 atom stereocenters. The van der Waals surface area contributed by atoms with Crippen molar-refractivity contribution in [2.24, 2.45) is 0 Å². The van der Waals surface area contributed by atoms with Crippen molar-refractivity contribution < 1.29 is 34.7 Å². The maximum atomic E-state index is 11.7. The molecule has 1 aliphatic rings. The van der Waals surface area contributed by atoms with Gasteiger partial charge in [0.25, 0.3) is 5.56 Å². The molecule has 0 saturated heterocycles. The van der Waals surface area contributed by atoms with Crippen LogP contribution in [0.15, 0.2) is 35.1 Å². The van der Waals surface area contributed by atoms with E-state index in [4.69, 9.17) is 5.26 Å². The van der Waals surface area contributed by atoms with Crippen LogP contribution in [0.2, 0.25) is 0 Å². The van der Waals surface area contributed by atoms with Crippen molar-refractivity contribution in [3.8, 4) is 11.9 Å². The minimum Gasteiger partial charge on any atom is -0.494 e. The Morgan fingerprint density at radius 2 is 2.00 bits per heavy atom. The fraction of sp³-hybridized carbons (Fsp3) is 0.250. The van der Waals surface area contributed by atoms with E-state index < -0.39 is 5.56 Å². The van der Waals surface area contributed by atoms with Crippen LogP contribution in [0, 0.1) is 11.3 Å². The quantitative estimate of drug-likeness (QED) is 0.663. The van der Waals surface area contributed by atoms with E-state index in [1.165, 1.54) is 5.56 Å². The van der Waals surface area contributed by atoms with Gasteiger partial charge in [-0.25, -0.2) is 0 Å². The van der Waals surface area contributed by atoms with E-state index in [0.29, 0.717) is 24.1 Å². The van der Waals surface area contributed by atoms with E-state index in [2.05, 4.69) is 22.0 Å². The molecule has 6 heteroatoms. The number of hydrogen-bond acceptors (Lipinski definition) is 4. The van der Waals surface area contributed by atoms with Crippen molar-refractivity contribution in [1.29, 1.82) is 5.26 Å². The van der Waals surface area contributed by atoms with Crippen LogP contribution >= 0.6 is 0 Å². The monoisotopic (exact) mass is 304 g/mol. The van der Waals surface area contributed by atoms with E-state index in [-0.39, 0.29) is 41.0 Å². The van der Waals surface area contributed by atoms with Gasteiger partial charge in [-0.2, -0.15) is 5.26 Å². The topological polar surface area (TPSA) is 80.1 Å². The first kappa shape index (κ1) is 16.8. The van der Waals surface area contributed by atoms with Crippen LogP contribution in [0.3, 0.4) is 0 Å². The average Bonchev–Trinajstić information content (AvgIpc) is 2.49. The van der Waals surface area contributed by atoms with Crippen LogP contribution in [0.1, 0.15) is 22.3 Å². The van der Waals surface area contributed by atoms with Crippen LogP contribution in [0.5, 0.6) is 5.88 Å². The van der Waals surface area contributed by atoms with Crippen molar-refractivity contribution in [2.45, 2.75) is 19.5 Å². The minimum atomic E-state index is -0.509. The molecule has 0 spiro atoms. The molecule has 2 heterocycles. The van der Waals surface area contributed by atoms with Gasteiger partial charge in [0, 0.05) is 25.2 Å².